The molecule has 2 rings (SSSR count). The van der Waals surface area contributed by atoms with Crippen molar-refractivity contribution in [2.45, 2.75) is 25.7 Å². The van der Waals surface area contributed by atoms with Gasteiger partial charge in [-0.25, -0.2) is 4.39 Å². The maximum Gasteiger partial charge on any atom is 0.222 e. The van der Waals surface area contributed by atoms with Crippen molar-refractivity contribution in [3.8, 4) is 0 Å². The zero-order chi connectivity index (χ0) is 15.9. The maximum absolute atomic E-state index is 12.9. The van der Waals surface area contributed by atoms with Crippen LogP contribution in [0, 0.1) is 17.7 Å². The second-order valence-electron chi connectivity index (χ2n) is 5.70. The Hall–Kier alpha value is -2.17. The summed E-state index contributed by atoms with van der Waals surface area (Å²) in [5.74, 6) is -1.05. The van der Waals surface area contributed by atoms with Crippen molar-refractivity contribution in [2.24, 2.45) is 17.6 Å². The number of primary amides is 1. The van der Waals surface area contributed by atoms with Gasteiger partial charge in [0.05, 0.1) is 5.92 Å². The number of benzene rings is 1. The number of rotatable bonds is 7. The second kappa shape index (κ2) is 7.73. The van der Waals surface area contributed by atoms with Crippen LogP contribution in [0.15, 0.2) is 36.4 Å². The Labute approximate surface area is 129 Å². The number of nitrogens with two attached hydrogens (primary N) is 1. The van der Waals surface area contributed by atoms with E-state index in [1.54, 1.807) is 12.1 Å². The predicted octanol–water partition coefficient (Wildman–Crippen LogP) is 1.94. The van der Waals surface area contributed by atoms with Crippen LogP contribution in [0.1, 0.15) is 24.8 Å². The molecule has 4 nitrogen and oxygen atoms in total. The average Bonchev–Trinajstić information content (AvgIpc) is 2.98. The van der Waals surface area contributed by atoms with Crippen LogP contribution in [0.3, 0.4) is 0 Å². The number of halogens is 1. The lowest BCUT2D eigenvalue weighted by Crippen LogP contribution is -2.37. The molecule has 0 aliphatic heterocycles. The van der Waals surface area contributed by atoms with E-state index >= 15 is 0 Å². The minimum Gasteiger partial charge on any atom is -0.369 e. The van der Waals surface area contributed by atoms with Crippen LogP contribution in [0.2, 0.25) is 0 Å². The molecule has 0 saturated carbocycles. The third-order valence-corrected chi connectivity index (χ3v) is 3.90. The van der Waals surface area contributed by atoms with Crippen molar-refractivity contribution in [1.82, 2.24) is 5.32 Å². The average molecular weight is 304 g/mol. The molecule has 1 aliphatic carbocycles. The van der Waals surface area contributed by atoms with Gasteiger partial charge < -0.3 is 11.1 Å². The van der Waals surface area contributed by atoms with E-state index in [4.69, 9.17) is 5.73 Å². The van der Waals surface area contributed by atoms with Gasteiger partial charge >= 0.3 is 0 Å². The molecule has 1 aromatic rings. The zero-order valence-corrected chi connectivity index (χ0v) is 12.4. The highest BCUT2D eigenvalue weighted by Crippen LogP contribution is 2.20. The summed E-state index contributed by atoms with van der Waals surface area (Å²) in [6.45, 7) is 0.210. The Kier molecular flexibility index (Phi) is 5.69. The molecule has 5 heteroatoms. The van der Waals surface area contributed by atoms with Crippen molar-refractivity contribution in [1.29, 1.82) is 0 Å². The Morgan fingerprint density at radius 2 is 2.05 bits per heavy atom. The van der Waals surface area contributed by atoms with Gasteiger partial charge in [0.1, 0.15) is 5.82 Å². The van der Waals surface area contributed by atoms with Crippen LogP contribution in [0.25, 0.3) is 0 Å². The quantitative estimate of drug-likeness (QED) is 0.756. The van der Waals surface area contributed by atoms with Crippen LogP contribution in [0.5, 0.6) is 0 Å². The minimum atomic E-state index is -0.492. The standard InChI is InChI=1S/C17H21FN2O2/c18-15-7-5-13(6-8-15)9-14(17(19)22)11-20-16(21)10-12-3-1-2-4-12/h1,3,5-8,12,14H,2,4,9-11H2,(H2,19,22)(H,20,21). The van der Waals surface area contributed by atoms with Crippen LogP contribution in [-0.4, -0.2) is 18.4 Å². The lowest BCUT2D eigenvalue weighted by molar-refractivity contribution is -0.123. The van der Waals surface area contributed by atoms with E-state index in [-0.39, 0.29) is 18.3 Å². The molecule has 0 heterocycles. The van der Waals surface area contributed by atoms with Crippen molar-refractivity contribution < 1.29 is 14.0 Å². The number of hydrogen-bond donors (Lipinski definition) is 2. The molecular formula is C17H21FN2O2. The summed E-state index contributed by atoms with van der Waals surface area (Å²) in [5, 5.41) is 2.77. The molecule has 2 amide bonds. The fourth-order valence-electron chi connectivity index (χ4n) is 2.59. The lowest BCUT2D eigenvalue weighted by Gasteiger charge is -2.15. The summed E-state index contributed by atoms with van der Waals surface area (Å²) >= 11 is 0. The molecule has 22 heavy (non-hydrogen) atoms. The minimum absolute atomic E-state index is 0.0677. The van der Waals surface area contributed by atoms with E-state index in [1.807, 2.05) is 0 Å². The number of allylic oxidation sites excluding steroid dienone is 2. The molecule has 2 unspecified atom stereocenters. The first kappa shape index (κ1) is 16.2. The highest BCUT2D eigenvalue weighted by molar-refractivity contribution is 5.80. The summed E-state index contributed by atoms with van der Waals surface area (Å²) in [5.41, 5.74) is 6.21. The summed E-state index contributed by atoms with van der Waals surface area (Å²) in [7, 11) is 0. The molecule has 0 radical (unpaired) electrons. The van der Waals surface area contributed by atoms with E-state index in [9.17, 15) is 14.0 Å². The highest BCUT2D eigenvalue weighted by Gasteiger charge is 2.19. The largest absolute Gasteiger partial charge is 0.369 e. The third-order valence-electron chi connectivity index (χ3n) is 3.90. The molecule has 118 valence electrons. The topological polar surface area (TPSA) is 72.2 Å². The summed E-state index contributed by atoms with van der Waals surface area (Å²) < 4.78 is 12.9. The molecule has 1 aliphatic rings. The number of nitrogens with one attached hydrogen (secondary N) is 1. The number of carbonyl (C=O) groups is 2. The van der Waals surface area contributed by atoms with Gasteiger partial charge in [-0.2, -0.15) is 0 Å². The first-order valence-corrected chi connectivity index (χ1v) is 7.51. The second-order valence-corrected chi connectivity index (χ2v) is 5.70. The fourth-order valence-corrected chi connectivity index (χ4v) is 2.59. The zero-order valence-electron chi connectivity index (χ0n) is 12.4. The lowest BCUT2D eigenvalue weighted by atomic mass is 9.98. The molecule has 0 aromatic heterocycles. The van der Waals surface area contributed by atoms with Gasteiger partial charge in [-0.05, 0) is 42.9 Å². The van der Waals surface area contributed by atoms with Crippen molar-refractivity contribution in [3.63, 3.8) is 0 Å². The van der Waals surface area contributed by atoms with Crippen molar-refractivity contribution in [3.05, 3.63) is 47.8 Å². The SMILES string of the molecule is NC(=O)C(CNC(=O)CC1C=CCC1)Cc1ccc(F)cc1. The molecule has 0 fully saturated rings. The predicted molar refractivity (Wildman–Crippen MR) is 82.3 cm³/mol. The van der Waals surface area contributed by atoms with E-state index in [0.717, 1.165) is 18.4 Å². The Bertz CT molecular complexity index is 554. The van der Waals surface area contributed by atoms with E-state index in [1.165, 1.54) is 12.1 Å². The van der Waals surface area contributed by atoms with Gasteiger partial charge in [-0.1, -0.05) is 24.3 Å². The van der Waals surface area contributed by atoms with Crippen LogP contribution in [0.4, 0.5) is 4.39 Å². The van der Waals surface area contributed by atoms with Gasteiger partial charge in [0, 0.05) is 13.0 Å². The normalized spacial score (nSPS) is 18.1. The van der Waals surface area contributed by atoms with Gasteiger partial charge in [0.2, 0.25) is 11.8 Å². The first-order valence-electron chi connectivity index (χ1n) is 7.51. The van der Waals surface area contributed by atoms with E-state index < -0.39 is 11.8 Å². The first-order chi connectivity index (χ1) is 10.5. The molecule has 0 saturated heterocycles. The van der Waals surface area contributed by atoms with Crippen LogP contribution >= 0.6 is 0 Å². The highest BCUT2D eigenvalue weighted by atomic mass is 19.1. The summed E-state index contributed by atoms with van der Waals surface area (Å²) in [6.07, 6.45) is 6.99. The fraction of sp³-hybridized carbons (Fsp3) is 0.412. The number of carbonyl (C=O) groups excluding carboxylic acids is 2. The number of hydrogen-bond acceptors (Lipinski definition) is 2. The summed E-state index contributed by atoms with van der Waals surface area (Å²) in [4.78, 5) is 23.4. The number of amides is 2. The van der Waals surface area contributed by atoms with Gasteiger partial charge in [-0.15, -0.1) is 0 Å². The maximum atomic E-state index is 12.9. The van der Waals surface area contributed by atoms with Crippen LogP contribution in [-0.2, 0) is 16.0 Å². The van der Waals surface area contributed by atoms with E-state index in [2.05, 4.69) is 17.5 Å². The van der Waals surface area contributed by atoms with E-state index in [0.29, 0.717) is 18.8 Å². The molecule has 0 bridgehead atoms. The van der Waals surface area contributed by atoms with Gasteiger partial charge in [0.15, 0.2) is 0 Å². The smallest absolute Gasteiger partial charge is 0.222 e. The summed E-state index contributed by atoms with van der Waals surface area (Å²) in [6, 6.07) is 5.93. The molecule has 3 N–H and O–H groups in total. The monoisotopic (exact) mass is 304 g/mol. The third kappa shape index (κ3) is 4.98. The van der Waals surface area contributed by atoms with Gasteiger partial charge in [-0.3, -0.25) is 9.59 Å². The van der Waals surface area contributed by atoms with Crippen molar-refractivity contribution in [2.75, 3.05) is 6.54 Å². The molecule has 0 spiro atoms. The Balaban J connectivity index is 1.83. The molecule has 2 atom stereocenters. The molecular weight excluding hydrogens is 283 g/mol. The Morgan fingerprint density at radius 1 is 1.32 bits per heavy atom. The van der Waals surface area contributed by atoms with Crippen LogP contribution < -0.4 is 11.1 Å². The Morgan fingerprint density at radius 3 is 2.64 bits per heavy atom. The van der Waals surface area contributed by atoms with Gasteiger partial charge in [0.25, 0.3) is 0 Å². The van der Waals surface area contributed by atoms with Crippen molar-refractivity contribution >= 4 is 11.8 Å². The molecule has 1 aromatic carbocycles.